The Kier molecular flexibility index (Phi) is 6.15. The van der Waals surface area contributed by atoms with Gasteiger partial charge in [0, 0.05) is 24.0 Å². The molecule has 1 atom stereocenters. The molecule has 2 aromatic rings. The molecule has 21 heavy (non-hydrogen) atoms. The van der Waals surface area contributed by atoms with Crippen LogP contribution in [0.15, 0.2) is 41.1 Å². The molecule has 5 heteroatoms. The number of halogens is 3. The van der Waals surface area contributed by atoms with E-state index in [1.54, 1.807) is 18.5 Å². The number of nitrogens with zero attached hydrogens (tertiary/aromatic N) is 1. The van der Waals surface area contributed by atoms with Crippen LogP contribution in [0.1, 0.15) is 30.5 Å². The molecule has 112 valence electrons. The molecule has 1 aromatic carbocycles. The summed E-state index contributed by atoms with van der Waals surface area (Å²) >= 11 is 9.41. The van der Waals surface area contributed by atoms with Crippen LogP contribution >= 0.6 is 27.5 Å². The molecule has 0 saturated carbocycles. The highest BCUT2D eigenvalue weighted by Gasteiger charge is 2.18. The van der Waals surface area contributed by atoms with Crippen LogP contribution in [0.25, 0.3) is 0 Å². The second kappa shape index (κ2) is 7.87. The van der Waals surface area contributed by atoms with Crippen molar-refractivity contribution in [2.24, 2.45) is 0 Å². The SMILES string of the molecule is CCCNC(Cc1ccncc1Cl)c1cccc(Br)c1F. The van der Waals surface area contributed by atoms with Crippen LogP contribution in [0.4, 0.5) is 4.39 Å². The summed E-state index contributed by atoms with van der Waals surface area (Å²) in [5.41, 5.74) is 1.60. The van der Waals surface area contributed by atoms with Crippen molar-refractivity contribution in [2.75, 3.05) is 6.54 Å². The van der Waals surface area contributed by atoms with E-state index < -0.39 is 0 Å². The normalized spacial score (nSPS) is 12.4. The van der Waals surface area contributed by atoms with Crippen LogP contribution < -0.4 is 5.32 Å². The highest BCUT2D eigenvalue weighted by atomic mass is 79.9. The molecule has 1 N–H and O–H groups in total. The molecule has 0 fully saturated rings. The largest absolute Gasteiger partial charge is 0.310 e. The molecule has 0 saturated heterocycles. The monoisotopic (exact) mass is 370 g/mol. The molecule has 1 aromatic heterocycles. The predicted molar refractivity (Wildman–Crippen MR) is 88.1 cm³/mol. The molecule has 1 heterocycles. The van der Waals surface area contributed by atoms with Gasteiger partial charge in [-0.1, -0.05) is 30.7 Å². The van der Waals surface area contributed by atoms with E-state index in [1.165, 1.54) is 0 Å². The first-order valence-corrected chi connectivity index (χ1v) is 8.06. The van der Waals surface area contributed by atoms with Gasteiger partial charge >= 0.3 is 0 Å². The Balaban J connectivity index is 2.30. The van der Waals surface area contributed by atoms with Gasteiger partial charge in [0.15, 0.2) is 0 Å². The Morgan fingerprint density at radius 1 is 1.38 bits per heavy atom. The molecule has 0 bridgehead atoms. The van der Waals surface area contributed by atoms with Crippen molar-refractivity contribution in [3.8, 4) is 0 Å². The number of pyridine rings is 1. The first-order chi connectivity index (χ1) is 10.1. The number of nitrogens with one attached hydrogen (secondary N) is 1. The summed E-state index contributed by atoms with van der Waals surface area (Å²) < 4.78 is 14.8. The Bertz CT molecular complexity index is 607. The lowest BCUT2D eigenvalue weighted by Crippen LogP contribution is -2.25. The Labute approximate surface area is 137 Å². The third-order valence-corrected chi connectivity index (χ3v) is 4.23. The van der Waals surface area contributed by atoms with Gasteiger partial charge in [-0.15, -0.1) is 0 Å². The van der Waals surface area contributed by atoms with Gasteiger partial charge < -0.3 is 5.32 Å². The molecule has 0 radical (unpaired) electrons. The van der Waals surface area contributed by atoms with Crippen LogP contribution in [0.2, 0.25) is 5.02 Å². The molecule has 0 aliphatic rings. The number of benzene rings is 1. The average molecular weight is 372 g/mol. The van der Waals surface area contributed by atoms with Crippen molar-refractivity contribution in [1.82, 2.24) is 10.3 Å². The van der Waals surface area contributed by atoms with Crippen molar-refractivity contribution in [3.05, 3.63) is 63.1 Å². The maximum absolute atomic E-state index is 14.4. The van der Waals surface area contributed by atoms with Gasteiger partial charge in [0.2, 0.25) is 0 Å². The minimum atomic E-state index is -0.226. The molecule has 0 aliphatic carbocycles. The Morgan fingerprint density at radius 2 is 2.19 bits per heavy atom. The zero-order valence-electron chi connectivity index (χ0n) is 11.7. The summed E-state index contributed by atoms with van der Waals surface area (Å²) in [6.07, 6.45) is 4.92. The quantitative estimate of drug-likeness (QED) is 0.779. The van der Waals surface area contributed by atoms with E-state index in [4.69, 9.17) is 11.6 Å². The first kappa shape index (κ1) is 16.4. The van der Waals surface area contributed by atoms with Gasteiger partial charge in [-0.05, 0) is 53.0 Å². The molecular formula is C16H17BrClFN2. The molecule has 0 spiro atoms. The van der Waals surface area contributed by atoms with Crippen molar-refractivity contribution >= 4 is 27.5 Å². The molecule has 2 rings (SSSR count). The van der Waals surface area contributed by atoms with Crippen LogP contribution in [0, 0.1) is 5.82 Å². The Hall–Kier alpha value is -0.970. The van der Waals surface area contributed by atoms with Crippen LogP contribution in [0.5, 0.6) is 0 Å². The summed E-state index contributed by atoms with van der Waals surface area (Å²) in [5.74, 6) is -0.226. The summed E-state index contributed by atoms with van der Waals surface area (Å²) in [6, 6.07) is 7.11. The summed E-state index contributed by atoms with van der Waals surface area (Å²) in [4.78, 5) is 3.98. The van der Waals surface area contributed by atoms with E-state index in [0.29, 0.717) is 21.5 Å². The van der Waals surface area contributed by atoms with E-state index in [1.807, 2.05) is 18.2 Å². The Morgan fingerprint density at radius 3 is 2.90 bits per heavy atom. The van der Waals surface area contributed by atoms with E-state index in [9.17, 15) is 4.39 Å². The lowest BCUT2D eigenvalue weighted by Gasteiger charge is -2.20. The third-order valence-electron chi connectivity index (χ3n) is 3.28. The van der Waals surface area contributed by atoms with Crippen LogP contribution in [0.3, 0.4) is 0 Å². The van der Waals surface area contributed by atoms with Gasteiger partial charge in [0.05, 0.1) is 9.50 Å². The van der Waals surface area contributed by atoms with Gasteiger partial charge in [0.1, 0.15) is 5.82 Å². The highest BCUT2D eigenvalue weighted by Crippen LogP contribution is 2.28. The minimum Gasteiger partial charge on any atom is -0.310 e. The van der Waals surface area contributed by atoms with Crippen molar-refractivity contribution in [3.63, 3.8) is 0 Å². The van der Waals surface area contributed by atoms with Gasteiger partial charge in [-0.2, -0.15) is 0 Å². The lowest BCUT2D eigenvalue weighted by molar-refractivity contribution is 0.495. The van der Waals surface area contributed by atoms with Crippen LogP contribution in [-0.4, -0.2) is 11.5 Å². The topological polar surface area (TPSA) is 24.9 Å². The van der Waals surface area contributed by atoms with E-state index >= 15 is 0 Å². The molecule has 0 aliphatic heterocycles. The summed E-state index contributed by atoms with van der Waals surface area (Å²) in [5, 5.41) is 4.00. The van der Waals surface area contributed by atoms with Crippen molar-refractivity contribution in [2.45, 2.75) is 25.8 Å². The second-order valence-electron chi connectivity index (χ2n) is 4.82. The van der Waals surface area contributed by atoms with E-state index in [2.05, 4.69) is 33.2 Å². The smallest absolute Gasteiger partial charge is 0.142 e. The van der Waals surface area contributed by atoms with Crippen LogP contribution in [-0.2, 0) is 6.42 Å². The third kappa shape index (κ3) is 4.25. The van der Waals surface area contributed by atoms with E-state index in [-0.39, 0.29) is 11.9 Å². The number of rotatable bonds is 6. The maximum Gasteiger partial charge on any atom is 0.142 e. The maximum atomic E-state index is 14.4. The lowest BCUT2D eigenvalue weighted by atomic mass is 9.98. The fraction of sp³-hybridized carbons (Fsp3) is 0.312. The number of aromatic nitrogens is 1. The molecule has 2 nitrogen and oxygen atoms in total. The number of hydrogen-bond acceptors (Lipinski definition) is 2. The fourth-order valence-corrected chi connectivity index (χ4v) is 2.77. The molecule has 0 amide bonds. The summed E-state index contributed by atoms with van der Waals surface area (Å²) in [6.45, 7) is 2.90. The molecular weight excluding hydrogens is 355 g/mol. The average Bonchev–Trinajstić information content (AvgIpc) is 2.48. The van der Waals surface area contributed by atoms with E-state index in [0.717, 1.165) is 18.5 Å². The zero-order valence-corrected chi connectivity index (χ0v) is 14.1. The van der Waals surface area contributed by atoms with Crippen molar-refractivity contribution in [1.29, 1.82) is 0 Å². The van der Waals surface area contributed by atoms with Crippen molar-refractivity contribution < 1.29 is 4.39 Å². The second-order valence-corrected chi connectivity index (χ2v) is 6.08. The minimum absolute atomic E-state index is 0.123. The fourth-order valence-electron chi connectivity index (χ4n) is 2.19. The van der Waals surface area contributed by atoms with Gasteiger partial charge in [-0.25, -0.2) is 4.39 Å². The standard InChI is InChI=1S/C16H17BrClFN2/c1-2-7-21-15(9-11-6-8-20-10-14(11)18)12-4-3-5-13(17)16(12)19/h3-6,8,10,15,21H,2,7,9H2,1H3. The number of hydrogen-bond donors (Lipinski definition) is 1. The van der Waals surface area contributed by atoms with Gasteiger partial charge in [0.25, 0.3) is 0 Å². The summed E-state index contributed by atoms with van der Waals surface area (Å²) in [7, 11) is 0. The van der Waals surface area contributed by atoms with Gasteiger partial charge in [-0.3, -0.25) is 4.98 Å². The molecule has 1 unspecified atom stereocenters. The first-order valence-electron chi connectivity index (χ1n) is 6.89. The highest BCUT2D eigenvalue weighted by molar-refractivity contribution is 9.10. The predicted octanol–water partition coefficient (Wildman–Crippen LogP) is 4.92. The zero-order chi connectivity index (χ0) is 15.2.